The van der Waals surface area contributed by atoms with Crippen LogP contribution in [0.25, 0.3) is 0 Å². The Morgan fingerprint density at radius 2 is 1.91 bits per heavy atom. The minimum absolute atomic E-state index is 0.566. The first-order valence-electron chi connectivity index (χ1n) is 7.34. The number of rotatable bonds is 4. The predicted octanol–water partition coefficient (Wildman–Crippen LogP) is 3.60. The van der Waals surface area contributed by atoms with Crippen LogP contribution in [0.1, 0.15) is 25.3 Å². The molecule has 0 aliphatic carbocycles. The van der Waals surface area contributed by atoms with Crippen molar-refractivity contribution < 1.29 is 0 Å². The molecule has 2 N–H and O–H groups in total. The number of aromatic nitrogens is 2. The fourth-order valence-electron chi connectivity index (χ4n) is 2.25. The first kappa shape index (κ1) is 14.7. The van der Waals surface area contributed by atoms with Crippen molar-refractivity contribution in [1.82, 2.24) is 9.97 Å². The van der Waals surface area contributed by atoms with Crippen LogP contribution in [0.3, 0.4) is 0 Å². The van der Waals surface area contributed by atoms with Crippen molar-refractivity contribution in [2.45, 2.75) is 19.8 Å². The highest BCUT2D eigenvalue weighted by molar-refractivity contribution is 5.67. The Kier molecular flexibility index (Phi) is 4.29. The highest BCUT2D eigenvalue weighted by atomic mass is 15.1. The quantitative estimate of drug-likeness (QED) is 0.901. The largest absolute Gasteiger partial charge is 0.339 e. The van der Waals surface area contributed by atoms with E-state index >= 15 is 0 Å². The van der Waals surface area contributed by atoms with Crippen molar-refractivity contribution >= 4 is 23.5 Å². The Labute approximate surface area is 134 Å². The van der Waals surface area contributed by atoms with Gasteiger partial charge in [0.2, 0.25) is 0 Å². The SMILES string of the molecule is CC1=C(Nc2cc(Nc3ccccc3C#N)ncn2)N=CCC1. The number of allylic oxidation sites excluding steroid dienone is 1. The van der Waals surface area contributed by atoms with Gasteiger partial charge in [-0.3, -0.25) is 0 Å². The van der Waals surface area contributed by atoms with Gasteiger partial charge in [-0.25, -0.2) is 15.0 Å². The zero-order valence-corrected chi connectivity index (χ0v) is 12.7. The maximum atomic E-state index is 9.14. The van der Waals surface area contributed by atoms with Gasteiger partial charge < -0.3 is 10.6 Å². The summed E-state index contributed by atoms with van der Waals surface area (Å²) in [5.74, 6) is 2.10. The summed E-state index contributed by atoms with van der Waals surface area (Å²) >= 11 is 0. The molecule has 0 fully saturated rings. The number of nitrogens with one attached hydrogen (secondary N) is 2. The number of hydrogen-bond donors (Lipinski definition) is 2. The van der Waals surface area contributed by atoms with E-state index in [4.69, 9.17) is 5.26 Å². The summed E-state index contributed by atoms with van der Waals surface area (Å²) in [6.07, 6.45) is 5.34. The Balaban J connectivity index is 1.80. The van der Waals surface area contributed by atoms with E-state index in [0.717, 1.165) is 18.7 Å². The van der Waals surface area contributed by atoms with Crippen molar-refractivity contribution in [1.29, 1.82) is 5.26 Å². The third kappa shape index (κ3) is 3.52. The number of anilines is 3. The lowest BCUT2D eigenvalue weighted by atomic mass is 10.1. The zero-order chi connectivity index (χ0) is 16.1. The van der Waals surface area contributed by atoms with Gasteiger partial charge >= 0.3 is 0 Å². The molecular weight excluding hydrogens is 288 g/mol. The molecule has 2 aromatic rings. The summed E-state index contributed by atoms with van der Waals surface area (Å²) in [5.41, 5.74) is 2.48. The first-order valence-corrected chi connectivity index (χ1v) is 7.34. The molecule has 6 nitrogen and oxygen atoms in total. The van der Waals surface area contributed by atoms with Crippen molar-refractivity contribution in [2.24, 2.45) is 4.99 Å². The lowest BCUT2D eigenvalue weighted by molar-refractivity contribution is 0.954. The second-order valence-electron chi connectivity index (χ2n) is 5.18. The van der Waals surface area contributed by atoms with Crippen LogP contribution in [-0.2, 0) is 0 Å². The molecule has 1 aromatic heterocycles. The normalized spacial score (nSPS) is 13.6. The molecule has 2 heterocycles. The van der Waals surface area contributed by atoms with Gasteiger partial charge in [0.1, 0.15) is 29.9 Å². The van der Waals surface area contributed by atoms with E-state index in [1.807, 2.05) is 24.4 Å². The smallest absolute Gasteiger partial charge is 0.137 e. The molecule has 0 atom stereocenters. The Morgan fingerprint density at radius 3 is 2.70 bits per heavy atom. The molecule has 114 valence electrons. The number of nitriles is 1. The second kappa shape index (κ2) is 6.71. The zero-order valence-electron chi connectivity index (χ0n) is 12.7. The molecule has 0 radical (unpaired) electrons. The van der Waals surface area contributed by atoms with Crippen LogP contribution in [0.2, 0.25) is 0 Å². The van der Waals surface area contributed by atoms with Gasteiger partial charge in [-0.05, 0) is 37.5 Å². The number of para-hydroxylation sites is 1. The maximum absolute atomic E-state index is 9.14. The Bertz CT molecular complexity index is 816. The lowest BCUT2D eigenvalue weighted by Crippen LogP contribution is -2.07. The molecule has 1 aromatic carbocycles. The minimum atomic E-state index is 0.566. The molecule has 0 saturated carbocycles. The molecule has 0 spiro atoms. The highest BCUT2D eigenvalue weighted by Gasteiger charge is 2.08. The Hall–Kier alpha value is -3.20. The van der Waals surface area contributed by atoms with Gasteiger partial charge in [0.25, 0.3) is 0 Å². The van der Waals surface area contributed by atoms with Crippen molar-refractivity contribution in [3.8, 4) is 6.07 Å². The first-order chi connectivity index (χ1) is 11.3. The summed E-state index contributed by atoms with van der Waals surface area (Å²) in [5, 5.41) is 15.5. The van der Waals surface area contributed by atoms with E-state index < -0.39 is 0 Å². The van der Waals surface area contributed by atoms with Crippen molar-refractivity contribution in [3.05, 3.63) is 53.6 Å². The van der Waals surface area contributed by atoms with Crippen LogP contribution < -0.4 is 10.6 Å². The number of benzene rings is 1. The van der Waals surface area contributed by atoms with Crippen LogP contribution in [0.15, 0.2) is 53.0 Å². The van der Waals surface area contributed by atoms with Gasteiger partial charge in [-0.2, -0.15) is 5.26 Å². The van der Waals surface area contributed by atoms with Crippen molar-refractivity contribution in [3.63, 3.8) is 0 Å². The molecule has 0 amide bonds. The summed E-state index contributed by atoms with van der Waals surface area (Å²) in [4.78, 5) is 12.8. The molecule has 0 saturated heterocycles. The minimum Gasteiger partial charge on any atom is -0.339 e. The molecular formula is C17H16N6. The van der Waals surface area contributed by atoms with Gasteiger partial charge in [0, 0.05) is 12.3 Å². The summed E-state index contributed by atoms with van der Waals surface area (Å²) in [7, 11) is 0. The van der Waals surface area contributed by atoms with E-state index in [1.165, 1.54) is 11.9 Å². The van der Waals surface area contributed by atoms with E-state index in [9.17, 15) is 0 Å². The third-order valence-corrected chi connectivity index (χ3v) is 3.50. The predicted molar refractivity (Wildman–Crippen MR) is 90.5 cm³/mol. The summed E-state index contributed by atoms with van der Waals surface area (Å²) in [6.45, 7) is 2.06. The van der Waals surface area contributed by atoms with Gasteiger partial charge in [0.15, 0.2) is 0 Å². The fraction of sp³-hybridized carbons (Fsp3) is 0.176. The summed E-state index contributed by atoms with van der Waals surface area (Å²) < 4.78 is 0. The van der Waals surface area contributed by atoms with Crippen LogP contribution in [-0.4, -0.2) is 16.2 Å². The molecule has 6 heteroatoms. The van der Waals surface area contributed by atoms with Crippen LogP contribution in [0.4, 0.5) is 17.3 Å². The second-order valence-corrected chi connectivity index (χ2v) is 5.18. The van der Waals surface area contributed by atoms with Crippen molar-refractivity contribution in [2.75, 3.05) is 10.6 Å². The van der Waals surface area contributed by atoms with Crippen LogP contribution in [0, 0.1) is 11.3 Å². The fourth-order valence-corrected chi connectivity index (χ4v) is 2.25. The van der Waals surface area contributed by atoms with Crippen LogP contribution in [0.5, 0.6) is 0 Å². The Morgan fingerprint density at radius 1 is 1.13 bits per heavy atom. The van der Waals surface area contributed by atoms with Gasteiger partial charge in [0.05, 0.1) is 11.3 Å². The molecule has 1 aliphatic rings. The molecule has 1 aliphatic heterocycles. The van der Waals surface area contributed by atoms with E-state index in [1.54, 1.807) is 12.1 Å². The number of hydrogen-bond acceptors (Lipinski definition) is 6. The average molecular weight is 304 g/mol. The number of aliphatic imine (C=N–C) groups is 1. The lowest BCUT2D eigenvalue weighted by Gasteiger charge is -2.14. The monoisotopic (exact) mass is 304 g/mol. The highest BCUT2D eigenvalue weighted by Crippen LogP contribution is 2.22. The summed E-state index contributed by atoms with van der Waals surface area (Å²) in [6, 6.07) is 11.2. The van der Waals surface area contributed by atoms with E-state index in [0.29, 0.717) is 22.9 Å². The van der Waals surface area contributed by atoms with Gasteiger partial charge in [-0.1, -0.05) is 12.1 Å². The van der Waals surface area contributed by atoms with Crippen LogP contribution >= 0.6 is 0 Å². The molecule has 23 heavy (non-hydrogen) atoms. The molecule has 0 unspecified atom stereocenters. The third-order valence-electron chi connectivity index (χ3n) is 3.50. The van der Waals surface area contributed by atoms with E-state index in [-0.39, 0.29) is 0 Å². The molecule has 0 bridgehead atoms. The average Bonchev–Trinajstić information content (AvgIpc) is 2.58. The maximum Gasteiger partial charge on any atom is 0.137 e. The topological polar surface area (TPSA) is 86.0 Å². The standard InChI is InChI=1S/C17H16N6/c1-12-5-4-8-19-17(12)23-16-9-15(20-11-21-16)22-14-7-3-2-6-13(14)10-18/h2-3,6-9,11H,4-5H2,1H3,(H2,20,21,22,23). The van der Waals surface area contributed by atoms with E-state index in [2.05, 4.69) is 38.6 Å². The van der Waals surface area contributed by atoms with Gasteiger partial charge in [-0.15, -0.1) is 0 Å². The molecule has 3 rings (SSSR count). The number of nitrogens with zero attached hydrogens (tertiary/aromatic N) is 4.